The van der Waals surface area contributed by atoms with Gasteiger partial charge in [0.2, 0.25) is 0 Å². The highest BCUT2D eigenvalue weighted by Crippen LogP contribution is 2.26. The molecule has 0 radical (unpaired) electrons. The number of rotatable bonds is 6. The number of nitriles is 1. The van der Waals surface area contributed by atoms with Gasteiger partial charge in [0.15, 0.2) is 0 Å². The molecule has 0 aromatic heterocycles. The third-order valence-corrected chi connectivity index (χ3v) is 2.45. The first-order valence-electron chi connectivity index (χ1n) is 4.99. The number of hydrogen-bond donors (Lipinski definition) is 0. The van der Waals surface area contributed by atoms with Crippen LogP contribution < -0.4 is 0 Å². The summed E-state index contributed by atoms with van der Waals surface area (Å²) in [6.45, 7) is 4.60. The maximum atomic E-state index is 8.35. The van der Waals surface area contributed by atoms with Crippen LogP contribution in [0.1, 0.15) is 39.0 Å². The Morgan fingerprint density at radius 1 is 1.42 bits per heavy atom. The summed E-state index contributed by atoms with van der Waals surface area (Å²) < 4.78 is 0. The van der Waals surface area contributed by atoms with E-state index in [9.17, 15) is 0 Å². The largest absolute Gasteiger partial charge is 0.301 e. The molecular formula is C10H18N2. The highest BCUT2D eigenvalue weighted by atomic mass is 15.2. The molecule has 2 heteroatoms. The van der Waals surface area contributed by atoms with Crippen molar-refractivity contribution in [3.05, 3.63) is 0 Å². The van der Waals surface area contributed by atoms with Crippen LogP contribution in [0.5, 0.6) is 0 Å². The summed E-state index contributed by atoms with van der Waals surface area (Å²) >= 11 is 0. The molecule has 68 valence electrons. The predicted octanol–water partition coefficient (Wildman–Crippen LogP) is 2.16. The molecule has 1 rings (SSSR count). The van der Waals surface area contributed by atoms with Crippen molar-refractivity contribution >= 4 is 0 Å². The minimum Gasteiger partial charge on any atom is -0.301 e. The topological polar surface area (TPSA) is 27.0 Å². The van der Waals surface area contributed by atoms with E-state index in [0.717, 1.165) is 18.9 Å². The monoisotopic (exact) mass is 166 g/mol. The summed E-state index contributed by atoms with van der Waals surface area (Å²) in [4.78, 5) is 2.54. The Balaban J connectivity index is 1.99. The summed E-state index contributed by atoms with van der Waals surface area (Å²) in [6.07, 6.45) is 5.78. The number of nitrogens with zero attached hydrogens (tertiary/aromatic N) is 2. The van der Waals surface area contributed by atoms with Gasteiger partial charge in [0.25, 0.3) is 0 Å². The number of hydrogen-bond acceptors (Lipinski definition) is 2. The Morgan fingerprint density at radius 3 is 2.67 bits per heavy atom. The Hall–Kier alpha value is -0.550. The zero-order valence-electron chi connectivity index (χ0n) is 7.92. The molecule has 0 aliphatic heterocycles. The molecule has 0 aromatic carbocycles. The maximum Gasteiger partial charge on any atom is 0.0621 e. The second-order valence-corrected chi connectivity index (χ2v) is 3.47. The number of unbranched alkanes of at least 4 members (excludes halogenated alkanes) is 2. The lowest BCUT2D eigenvalue weighted by molar-refractivity contribution is 0.272. The molecular weight excluding hydrogens is 148 g/mol. The van der Waals surface area contributed by atoms with E-state index in [1.54, 1.807) is 0 Å². The Kier molecular flexibility index (Phi) is 4.10. The first kappa shape index (κ1) is 9.54. The van der Waals surface area contributed by atoms with Gasteiger partial charge in [0.1, 0.15) is 0 Å². The van der Waals surface area contributed by atoms with Gasteiger partial charge in [-0.05, 0) is 38.8 Å². The molecule has 0 bridgehead atoms. The molecule has 2 nitrogen and oxygen atoms in total. The van der Waals surface area contributed by atoms with Crippen molar-refractivity contribution in [1.29, 1.82) is 5.26 Å². The first-order valence-corrected chi connectivity index (χ1v) is 4.99. The lowest BCUT2D eigenvalue weighted by Gasteiger charge is -2.18. The first-order chi connectivity index (χ1) is 5.88. The van der Waals surface area contributed by atoms with Crippen molar-refractivity contribution in [2.45, 2.75) is 45.1 Å². The fourth-order valence-corrected chi connectivity index (χ4v) is 1.56. The summed E-state index contributed by atoms with van der Waals surface area (Å²) in [5, 5.41) is 8.35. The fourth-order valence-electron chi connectivity index (χ4n) is 1.56. The summed E-state index contributed by atoms with van der Waals surface area (Å²) in [6, 6.07) is 3.07. The van der Waals surface area contributed by atoms with Crippen LogP contribution in [0.15, 0.2) is 0 Å². The van der Waals surface area contributed by atoms with Gasteiger partial charge in [0.05, 0.1) is 6.07 Å². The van der Waals surface area contributed by atoms with Crippen molar-refractivity contribution < 1.29 is 0 Å². The highest BCUT2D eigenvalue weighted by Gasteiger charge is 2.26. The third kappa shape index (κ3) is 3.23. The lowest BCUT2D eigenvalue weighted by Crippen LogP contribution is -2.26. The van der Waals surface area contributed by atoms with Gasteiger partial charge >= 0.3 is 0 Å². The van der Waals surface area contributed by atoms with E-state index >= 15 is 0 Å². The Labute approximate surface area is 75.2 Å². The summed E-state index contributed by atoms with van der Waals surface area (Å²) in [5.74, 6) is 0. The van der Waals surface area contributed by atoms with Crippen molar-refractivity contribution in [1.82, 2.24) is 4.90 Å². The molecule has 1 aliphatic rings. The van der Waals surface area contributed by atoms with Gasteiger partial charge in [0, 0.05) is 12.5 Å². The second-order valence-electron chi connectivity index (χ2n) is 3.47. The smallest absolute Gasteiger partial charge is 0.0621 e. The van der Waals surface area contributed by atoms with Crippen molar-refractivity contribution in [3.63, 3.8) is 0 Å². The quantitative estimate of drug-likeness (QED) is 0.565. The van der Waals surface area contributed by atoms with E-state index < -0.39 is 0 Å². The lowest BCUT2D eigenvalue weighted by atomic mass is 10.2. The molecule has 0 N–H and O–H groups in total. The molecule has 0 aromatic rings. The standard InChI is InChI=1S/C10H18N2/c1-2-12(10-6-7-10)9-5-3-4-8-11/h10H,2-7,9H2,1H3. The third-order valence-electron chi connectivity index (χ3n) is 2.45. The molecule has 1 fully saturated rings. The Bertz CT molecular complexity index is 156. The van der Waals surface area contributed by atoms with Gasteiger partial charge in [-0.3, -0.25) is 0 Å². The molecule has 0 saturated heterocycles. The molecule has 0 amide bonds. The van der Waals surface area contributed by atoms with E-state index in [1.807, 2.05) is 0 Å². The van der Waals surface area contributed by atoms with E-state index in [2.05, 4.69) is 17.9 Å². The van der Waals surface area contributed by atoms with E-state index in [0.29, 0.717) is 0 Å². The molecule has 1 saturated carbocycles. The van der Waals surface area contributed by atoms with E-state index in [4.69, 9.17) is 5.26 Å². The van der Waals surface area contributed by atoms with Gasteiger partial charge in [-0.25, -0.2) is 0 Å². The summed E-state index contributed by atoms with van der Waals surface area (Å²) in [5.41, 5.74) is 0. The fraction of sp³-hybridized carbons (Fsp3) is 0.900. The molecule has 1 aliphatic carbocycles. The van der Waals surface area contributed by atoms with E-state index in [1.165, 1.54) is 32.4 Å². The van der Waals surface area contributed by atoms with Crippen LogP contribution in [0.2, 0.25) is 0 Å². The van der Waals surface area contributed by atoms with Gasteiger partial charge < -0.3 is 4.90 Å². The molecule has 0 spiro atoms. The van der Waals surface area contributed by atoms with Crippen molar-refractivity contribution in [2.75, 3.05) is 13.1 Å². The molecule has 0 atom stereocenters. The maximum absolute atomic E-state index is 8.35. The van der Waals surface area contributed by atoms with Crippen LogP contribution in [0, 0.1) is 11.3 Å². The van der Waals surface area contributed by atoms with Crippen LogP contribution in [0.4, 0.5) is 0 Å². The second kappa shape index (κ2) is 5.16. The molecule has 12 heavy (non-hydrogen) atoms. The van der Waals surface area contributed by atoms with Crippen LogP contribution in [0.25, 0.3) is 0 Å². The minimum atomic E-state index is 0.724. The predicted molar refractivity (Wildman–Crippen MR) is 49.7 cm³/mol. The molecule has 0 heterocycles. The zero-order chi connectivity index (χ0) is 8.81. The zero-order valence-corrected chi connectivity index (χ0v) is 7.92. The van der Waals surface area contributed by atoms with E-state index in [-0.39, 0.29) is 0 Å². The van der Waals surface area contributed by atoms with Crippen molar-refractivity contribution in [3.8, 4) is 6.07 Å². The average molecular weight is 166 g/mol. The SMILES string of the molecule is CCN(CCCCC#N)C1CC1. The minimum absolute atomic E-state index is 0.724. The van der Waals surface area contributed by atoms with Crippen LogP contribution >= 0.6 is 0 Å². The van der Waals surface area contributed by atoms with Crippen LogP contribution in [-0.4, -0.2) is 24.0 Å². The summed E-state index contributed by atoms with van der Waals surface area (Å²) in [7, 11) is 0. The van der Waals surface area contributed by atoms with Gasteiger partial charge in [-0.2, -0.15) is 5.26 Å². The highest BCUT2D eigenvalue weighted by molar-refractivity contribution is 4.83. The van der Waals surface area contributed by atoms with Gasteiger partial charge in [-0.15, -0.1) is 0 Å². The van der Waals surface area contributed by atoms with Gasteiger partial charge in [-0.1, -0.05) is 6.92 Å². The average Bonchev–Trinajstić information content (AvgIpc) is 2.88. The Morgan fingerprint density at radius 2 is 2.17 bits per heavy atom. The van der Waals surface area contributed by atoms with Crippen molar-refractivity contribution in [2.24, 2.45) is 0 Å². The normalized spacial score (nSPS) is 16.4. The molecule has 0 unspecified atom stereocenters. The van der Waals surface area contributed by atoms with Crippen LogP contribution in [-0.2, 0) is 0 Å². The van der Waals surface area contributed by atoms with Crippen LogP contribution in [0.3, 0.4) is 0 Å².